The van der Waals surface area contributed by atoms with Gasteiger partial charge in [0, 0.05) is 12.3 Å². The normalized spacial score (nSPS) is 7.00. The second-order valence-corrected chi connectivity index (χ2v) is 1.28. The van der Waals surface area contributed by atoms with Crippen LogP contribution in [0.25, 0.3) is 0 Å². The lowest BCUT2D eigenvalue weighted by Gasteiger charge is -1.79. The molecule has 0 aromatic carbocycles. The van der Waals surface area contributed by atoms with Crippen LogP contribution >= 0.6 is 24.0 Å². The predicted octanol–water partition coefficient (Wildman–Crippen LogP) is 0.522. The monoisotopic (exact) mass is 143 g/mol. The molecule has 0 aromatic rings. The average Bonchev–Trinajstić information content (AvgIpc) is 1.35. The topological polar surface area (TPSA) is 43.1 Å². The second kappa shape index (κ2) is 6.05. The van der Waals surface area contributed by atoms with Crippen molar-refractivity contribution in [2.45, 2.75) is 6.42 Å². The molecule has 0 spiro atoms. The van der Waals surface area contributed by atoms with Gasteiger partial charge in [0.05, 0.1) is 0 Å². The fraction of sp³-hybridized carbons (Fsp3) is 0.667. The molecule has 0 atom stereocenters. The van der Waals surface area contributed by atoms with Crippen molar-refractivity contribution < 1.29 is 4.79 Å². The zero-order valence-electron chi connectivity index (χ0n) is 3.69. The molecule has 0 aliphatic rings. The standard InChI is InChI=1S/C3H6ClNO.ClH/c4-2-1-3(5)6;/h1-2H2,(H2,5,6);1H. The van der Waals surface area contributed by atoms with Gasteiger partial charge in [-0.05, 0) is 0 Å². The molecule has 0 saturated heterocycles. The molecule has 0 bridgehead atoms. The van der Waals surface area contributed by atoms with E-state index >= 15 is 0 Å². The van der Waals surface area contributed by atoms with Crippen molar-refractivity contribution >= 4 is 29.9 Å². The highest BCUT2D eigenvalue weighted by Gasteiger charge is 1.85. The Morgan fingerprint density at radius 1 is 1.71 bits per heavy atom. The Morgan fingerprint density at radius 3 is 2.14 bits per heavy atom. The summed E-state index contributed by atoms with van der Waals surface area (Å²) >= 11 is 5.10. The molecule has 0 unspecified atom stereocenters. The van der Waals surface area contributed by atoms with E-state index in [1.54, 1.807) is 0 Å². The van der Waals surface area contributed by atoms with Gasteiger partial charge in [0.2, 0.25) is 5.91 Å². The number of carbonyl (C=O) groups is 1. The lowest BCUT2D eigenvalue weighted by atomic mass is 10.5. The van der Waals surface area contributed by atoms with Gasteiger partial charge in [-0.3, -0.25) is 4.79 Å². The van der Waals surface area contributed by atoms with Crippen molar-refractivity contribution in [1.29, 1.82) is 0 Å². The Hall–Kier alpha value is 0.0500. The summed E-state index contributed by atoms with van der Waals surface area (Å²) in [6.07, 6.45) is 0.279. The van der Waals surface area contributed by atoms with Crippen molar-refractivity contribution in [2.75, 3.05) is 5.88 Å². The Bertz CT molecular complexity index is 56.9. The lowest BCUT2D eigenvalue weighted by molar-refractivity contribution is -0.117. The van der Waals surface area contributed by atoms with Crippen LogP contribution in [0.1, 0.15) is 6.42 Å². The van der Waals surface area contributed by atoms with E-state index in [-0.39, 0.29) is 24.7 Å². The summed E-state index contributed by atoms with van der Waals surface area (Å²) in [7, 11) is 0. The Kier molecular flexibility index (Phi) is 8.75. The van der Waals surface area contributed by atoms with Crippen LogP contribution in [-0.4, -0.2) is 11.8 Å². The molecule has 0 radical (unpaired) electrons. The van der Waals surface area contributed by atoms with Gasteiger partial charge in [-0.1, -0.05) is 0 Å². The number of primary amides is 1. The van der Waals surface area contributed by atoms with Gasteiger partial charge in [-0.2, -0.15) is 0 Å². The molecule has 4 heteroatoms. The summed E-state index contributed by atoms with van der Waals surface area (Å²) in [5.41, 5.74) is 4.68. The molecule has 0 aromatic heterocycles. The van der Waals surface area contributed by atoms with E-state index in [4.69, 9.17) is 11.6 Å². The molecule has 2 N–H and O–H groups in total. The summed E-state index contributed by atoms with van der Waals surface area (Å²) in [4.78, 5) is 9.74. The lowest BCUT2D eigenvalue weighted by Crippen LogP contribution is -2.09. The van der Waals surface area contributed by atoms with E-state index < -0.39 is 0 Å². The van der Waals surface area contributed by atoms with Crippen LogP contribution in [0, 0.1) is 0 Å². The zero-order valence-corrected chi connectivity index (χ0v) is 5.26. The molecular weight excluding hydrogens is 137 g/mol. The fourth-order valence-electron chi connectivity index (χ4n) is 0.0931. The highest BCUT2D eigenvalue weighted by atomic mass is 35.5. The van der Waals surface area contributed by atoms with Crippen LogP contribution < -0.4 is 5.73 Å². The number of alkyl halides is 1. The van der Waals surface area contributed by atoms with E-state index in [2.05, 4.69) is 5.73 Å². The Morgan fingerprint density at radius 2 is 2.14 bits per heavy atom. The number of hydrogen-bond acceptors (Lipinski definition) is 1. The van der Waals surface area contributed by atoms with Crippen molar-refractivity contribution in [1.82, 2.24) is 0 Å². The summed E-state index contributed by atoms with van der Waals surface area (Å²) in [5.74, 6) is -0.0139. The quantitative estimate of drug-likeness (QED) is 0.564. The molecule has 0 saturated carbocycles. The third-order valence-corrected chi connectivity index (χ3v) is 0.530. The minimum Gasteiger partial charge on any atom is -0.370 e. The van der Waals surface area contributed by atoms with E-state index in [0.29, 0.717) is 5.88 Å². The second-order valence-electron chi connectivity index (χ2n) is 0.905. The van der Waals surface area contributed by atoms with E-state index in [9.17, 15) is 4.79 Å². The van der Waals surface area contributed by atoms with Crippen LogP contribution in [0.4, 0.5) is 0 Å². The van der Waals surface area contributed by atoms with Crippen molar-refractivity contribution in [3.8, 4) is 0 Å². The minimum atomic E-state index is -0.343. The summed E-state index contributed by atoms with van der Waals surface area (Å²) in [6, 6.07) is 0. The molecule has 1 amide bonds. The first-order valence-corrected chi connectivity index (χ1v) is 2.15. The van der Waals surface area contributed by atoms with E-state index in [1.165, 1.54) is 0 Å². The first-order chi connectivity index (χ1) is 2.77. The van der Waals surface area contributed by atoms with Gasteiger partial charge in [0.1, 0.15) is 0 Å². The number of carbonyl (C=O) groups excluding carboxylic acids is 1. The van der Waals surface area contributed by atoms with E-state index in [1.807, 2.05) is 0 Å². The highest BCUT2D eigenvalue weighted by molar-refractivity contribution is 6.18. The van der Waals surface area contributed by atoms with Crippen molar-refractivity contribution in [3.63, 3.8) is 0 Å². The van der Waals surface area contributed by atoms with Crippen LogP contribution in [0.15, 0.2) is 0 Å². The highest BCUT2D eigenvalue weighted by Crippen LogP contribution is 1.78. The van der Waals surface area contributed by atoms with Crippen LogP contribution in [-0.2, 0) is 4.79 Å². The molecule has 0 aliphatic carbocycles. The Balaban J connectivity index is 0. The molecular formula is C3H7Cl2NO. The first-order valence-electron chi connectivity index (χ1n) is 1.61. The van der Waals surface area contributed by atoms with Gasteiger partial charge < -0.3 is 5.73 Å². The van der Waals surface area contributed by atoms with Crippen LogP contribution in [0.5, 0.6) is 0 Å². The average molecular weight is 144 g/mol. The zero-order chi connectivity index (χ0) is 4.99. The Labute approximate surface area is 53.4 Å². The number of amides is 1. The third kappa shape index (κ3) is 10.7. The summed E-state index contributed by atoms with van der Waals surface area (Å²) in [5, 5.41) is 0. The van der Waals surface area contributed by atoms with Crippen LogP contribution in [0.2, 0.25) is 0 Å². The van der Waals surface area contributed by atoms with Gasteiger partial charge in [-0.15, -0.1) is 24.0 Å². The maximum atomic E-state index is 9.74. The SMILES string of the molecule is Cl.NC(=O)CCCl. The third-order valence-electron chi connectivity index (χ3n) is 0.341. The molecule has 7 heavy (non-hydrogen) atoms. The molecule has 0 aliphatic heterocycles. The maximum absolute atomic E-state index is 9.74. The van der Waals surface area contributed by atoms with Crippen molar-refractivity contribution in [3.05, 3.63) is 0 Å². The molecule has 0 rings (SSSR count). The molecule has 44 valence electrons. The first kappa shape index (κ1) is 10.1. The van der Waals surface area contributed by atoms with Gasteiger partial charge in [0.15, 0.2) is 0 Å². The maximum Gasteiger partial charge on any atom is 0.218 e. The van der Waals surface area contributed by atoms with Gasteiger partial charge in [-0.25, -0.2) is 0 Å². The number of halogens is 2. The predicted molar refractivity (Wildman–Crippen MR) is 31.8 cm³/mol. The molecule has 2 nitrogen and oxygen atoms in total. The largest absolute Gasteiger partial charge is 0.370 e. The number of hydrogen-bond donors (Lipinski definition) is 1. The molecule has 0 fully saturated rings. The number of rotatable bonds is 2. The van der Waals surface area contributed by atoms with Crippen LogP contribution in [0.3, 0.4) is 0 Å². The summed E-state index contributed by atoms with van der Waals surface area (Å²) in [6.45, 7) is 0. The van der Waals surface area contributed by atoms with Gasteiger partial charge >= 0.3 is 0 Å². The van der Waals surface area contributed by atoms with Crippen molar-refractivity contribution in [2.24, 2.45) is 5.73 Å². The summed E-state index contributed by atoms with van der Waals surface area (Å²) < 4.78 is 0. The number of nitrogens with two attached hydrogens (primary N) is 1. The van der Waals surface area contributed by atoms with Gasteiger partial charge in [0.25, 0.3) is 0 Å². The smallest absolute Gasteiger partial charge is 0.218 e. The fourth-order valence-corrected chi connectivity index (χ4v) is 0.279. The minimum absolute atomic E-state index is 0. The van der Waals surface area contributed by atoms with E-state index in [0.717, 1.165) is 0 Å². The molecule has 0 heterocycles.